The van der Waals surface area contributed by atoms with Gasteiger partial charge >= 0.3 is 0 Å². The molecule has 0 saturated carbocycles. The van der Waals surface area contributed by atoms with Crippen LogP contribution in [0.2, 0.25) is 0 Å². The van der Waals surface area contributed by atoms with Crippen molar-refractivity contribution in [3.05, 3.63) is 28.7 Å². The van der Waals surface area contributed by atoms with E-state index in [1.165, 1.54) is 0 Å². The summed E-state index contributed by atoms with van der Waals surface area (Å²) in [6, 6.07) is 4.08. The molecule has 18 heavy (non-hydrogen) atoms. The average molecular weight is 261 g/mol. The van der Waals surface area contributed by atoms with Gasteiger partial charge in [0.05, 0.1) is 10.7 Å². The molecule has 0 fully saturated rings. The first kappa shape index (κ1) is 13.0. The molecule has 2 rings (SSSR count). The van der Waals surface area contributed by atoms with Gasteiger partial charge in [0.1, 0.15) is 5.82 Å². The van der Waals surface area contributed by atoms with Crippen LogP contribution >= 0.6 is 11.3 Å². The first-order valence-corrected chi connectivity index (χ1v) is 7.05. The van der Waals surface area contributed by atoms with Crippen LogP contribution in [0.1, 0.15) is 32.2 Å². The summed E-state index contributed by atoms with van der Waals surface area (Å²) >= 11 is 1.66. The molecule has 0 spiro atoms. The van der Waals surface area contributed by atoms with Gasteiger partial charge in [0.15, 0.2) is 0 Å². The second-order valence-electron chi connectivity index (χ2n) is 5.05. The van der Waals surface area contributed by atoms with Crippen molar-refractivity contribution in [3.63, 3.8) is 0 Å². The number of aryl methyl sites for hydroxylation is 1. The van der Waals surface area contributed by atoms with Crippen molar-refractivity contribution in [1.29, 1.82) is 0 Å². The van der Waals surface area contributed by atoms with Crippen LogP contribution in [0.4, 0.5) is 5.82 Å². The smallest absolute Gasteiger partial charge is 0.126 e. The number of anilines is 1. The largest absolute Gasteiger partial charge is 0.365 e. The fourth-order valence-electron chi connectivity index (χ4n) is 1.55. The maximum atomic E-state index is 4.46. The number of nitrogens with one attached hydrogen (secondary N) is 1. The van der Waals surface area contributed by atoms with Gasteiger partial charge in [-0.15, -0.1) is 11.3 Å². The number of hydrogen-bond acceptors (Lipinski definition) is 4. The van der Waals surface area contributed by atoms with Crippen molar-refractivity contribution in [2.45, 2.75) is 39.7 Å². The maximum absolute atomic E-state index is 4.46. The summed E-state index contributed by atoms with van der Waals surface area (Å²) in [5, 5.41) is 6.57. The molecule has 0 bridgehead atoms. The first-order valence-electron chi connectivity index (χ1n) is 6.17. The van der Waals surface area contributed by atoms with E-state index in [4.69, 9.17) is 0 Å². The predicted octanol–water partition coefficient (Wildman–Crippen LogP) is 4.11. The minimum absolute atomic E-state index is 0.0751. The minimum atomic E-state index is 0.0751. The van der Waals surface area contributed by atoms with Gasteiger partial charge in [-0.3, -0.25) is 0 Å². The number of rotatable bonds is 4. The molecule has 2 aromatic rings. The van der Waals surface area contributed by atoms with Crippen LogP contribution in [0.15, 0.2) is 23.7 Å². The Labute approximate surface area is 112 Å². The Bertz CT molecular complexity index is 514. The lowest BCUT2D eigenvalue weighted by Crippen LogP contribution is -2.29. The number of nitrogens with zero attached hydrogens (tertiary/aromatic N) is 2. The number of pyridine rings is 1. The molecule has 0 aliphatic rings. The molecule has 0 unspecified atom stereocenters. The number of thiazole rings is 1. The van der Waals surface area contributed by atoms with E-state index in [1.54, 1.807) is 11.3 Å². The highest BCUT2D eigenvalue weighted by Crippen LogP contribution is 2.23. The quantitative estimate of drug-likeness (QED) is 0.900. The summed E-state index contributed by atoms with van der Waals surface area (Å²) in [6.07, 6.45) is 2.93. The highest BCUT2D eigenvalue weighted by Gasteiger charge is 2.14. The van der Waals surface area contributed by atoms with Gasteiger partial charge in [-0.05, 0) is 39.3 Å². The number of hydrogen-bond donors (Lipinski definition) is 1. The van der Waals surface area contributed by atoms with Gasteiger partial charge in [-0.2, -0.15) is 0 Å². The van der Waals surface area contributed by atoms with E-state index < -0.39 is 0 Å². The third-order valence-electron chi connectivity index (χ3n) is 3.03. The molecule has 2 heterocycles. The van der Waals surface area contributed by atoms with Crippen LogP contribution in [0.3, 0.4) is 0 Å². The number of aromatic nitrogens is 2. The van der Waals surface area contributed by atoms with Gasteiger partial charge in [-0.25, -0.2) is 9.97 Å². The SMILES string of the molecule is CCC(C)(C)Nc1ccc(-c2csc(C)n2)cn1. The van der Waals surface area contributed by atoms with Gasteiger partial charge in [0.25, 0.3) is 0 Å². The zero-order chi connectivity index (χ0) is 13.2. The van der Waals surface area contributed by atoms with Gasteiger partial charge in [0, 0.05) is 22.7 Å². The Kier molecular flexibility index (Phi) is 3.66. The van der Waals surface area contributed by atoms with Crippen molar-refractivity contribution >= 4 is 17.2 Å². The van der Waals surface area contributed by atoms with Gasteiger partial charge in [0.2, 0.25) is 0 Å². The Morgan fingerprint density at radius 1 is 1.33 bits per heavy atom. The van der Waals surface area contributed by atoms with Crippen LogP contribution in [-0.2, 0) is 0 Å². The topological polar surface area (TPSA) is 37.8 Å². The van der Waals surface area contributed by atoms with Crippen LogP contribution in [0, 0.1) is 6.92 Å². The van der Waals surface area contributed by atoms with E-state index in [-0.39, 0.29) is 5.54 Å². The summed E-state index contributed by atoms with van der Waals surface area (Å²) in [7, 11) is 0. The fraction of sp³-hybridized carbons (Fsp3) is 0.429. The van der Waals surface area contributed by atoms with Crippen molar-refractivity contribution in [2.75, 3.05) is 5.32 Å². The lowest BCUT2D eigenvalue weighted by atomic mass is 10.0. The fourth-order valence-corrected chi connectivity index (χ4v) is 2.17. The predicted molar refractivity (Wildman–Crippen MR) is 78.1 cm³/mol. The van der Waals surface area contributed by atoms with E-state index in [9.17, 15) is 0 Å². The lowest BCUT2D eigenvalue weighted by molar-refractivity contribution is 0.545. The molecular weight excluding hydrogens is 242 g/mol. The molecule has 0 aromatic carbocycles. The van der Waals surface area contributed by atoms with Gasteiger partial charge in [-0.1, -0.05) is 6.92 Å². The molecule has 1 N–H and O–H groups in total. The van der Waals surface area contributed by atoms with E-state index in [1.807, 2.05) is 19.2 Å². The van der Waals surface area contributed by atoms with Crippen molar-refractivity contribution in [2.24, 2.45) is 0 Å². The second kappa shape index (κ2) is 5.06. The van der Waals surface area contributed by atoms with Crippen molar-refractivity contribution in [3.8, 4) is 11.3 Å². The normalized spacial score (nSPS) is 11.6. The van der Waals surface area contributed by atoms with E-state index in [0.717, 1.165) is 28.5 Å². The summed E-state index contributed by atoms with van der Waals surface area (Å²) in [6.45, 7) is 8.53. The van der Waals surface area contributed by atoms with Gasteiger partial charge < -0.3 is 5.32 Å². The Hall–Kier alpha value is -1.42. The Morgan fingerprint density at radius 3 is 2.61 bits per heavy atom. The highest BCUT2D eigenvalue weighted by molar-refractivity contribution is 7.09. The first-order chi connectivity index (χ1) is 8.50. The molecule has 2 aromatic heterocycles. The Balaban J connectivity index is 2.15. The summed E-state index contributed by atoms with van der Waals surface area (Å²) in [5.74, 6) is 0.914. The third kappa shape index (κ3) is 3.07. The molecule has 96 valence electrons. The summed E-state index contributed by atoms with van der Waals surface area (Å²) < 4.78 is 0. The monoisotopic (exact) mass is 261 g/mol. The maximum Gasteiger partial charge on any atom is 0.126 e. The lowest BCUT2D eigenvalue weighted by Gasteiger charge is -2.25. The molecule has 0 atom stereocenters. The second-order valence-corrected chi connectivity index (χ2v) is 6.11. The van der Waals surface area contributed by atoms with Crippen LogP contribution < -0.4 is 5.32 Å². The van der Waals surface area contributed by atoms with E-state index in [2.05, 4.69) is 47.5 Å². The molecule has 0 saturated heterocycles. The molecule has 4 heteroatoms. The van der Waals surface area contributed by atoms with Crippen LogP contribution in [0.5, 0.6) is 0 Å². The van der Waals surface area contributed by atoms with Crippen molar-refractivity contribution < 1.29 is 0 Å². The zero-order valence-corrected chi connectivity index (χ0v) is 12.1. The van der Waals surface area contributed by atoms with E-state index in [0.29, 0.717) is 0 Å². The molecule has 3 nitrogen and oxygen atoms in total. The van der Waals surface area contributed by atoms with E-state index >= 15 is 0 Å². The van der Waals surface area contributed by atoms with Crippen LogP contribution in [0.25, 0.3) is 11.3 Å². The standard InChI is InChI=1S/C14H19N3S/c1-5-14(3,4)17-13-7-6-11(8-15-13)12-9-18-10(2)16-12/h6-9H,5H2,1-4H3,(H,15,17). The molecule has 0 radical (unpaired) electrons. The summed E-state index contributed by atoms with van der Waals surface area (Å²) in [4.78, 5) is 8.91. The minimum Gasteiger partial charge on any atom is -0.365 e. The molecular formula is C14H19N3S. The Morgan fingerprint density at radius 2 is 2.11 bits per heavy atom. The van der Waals surface area contributed by atoms with Crippen molar-refractivity contribution in [1.82, 2.24) is 9.97 Å². The highest BCUT2D eigenvalue weighted by atomic mass is 32.1. The summed E-state index contributed by atoms with van der Waals surface area (Å²) in [5.41, 5.74) is 2.15. The third-order valence-corrected chi connectivity index (χ3v) is 3.80. The molecule has 0 amide bonds. The average Bonchev–Trinajstić information content (AvgIpc) is 2.76. The van der Waals surface area contributed by atoms with Crippen LogP contribution in [-0.4, -0.2) is 15.5 Å². The molecule has 0 aliphatic carbocycles. The molecule has 0 aliphatic heterocycles. The zero-order valence-electron chi connectivity index (χ0n) is 11.3.